The molecule has 0 bridgehead atoms. The summed E-state index contributed by atoms with van der Waals surface area (Å²) in [6.07, 6.45) is 0. The lowest BCUT2D eigenvalue weighted by atomic mass is 10.1. The van der Waals surface area contributed by atoms with Crippen LogP contribution in [0.2, 0.25) is 0 Å². The molecule has 1 unspecified atom stereocenters. The molecule has 0 spiro atoms. The highest BCUT2D eigenvalue weighted by Gasteiger charge is 2.14. The maximum Gasteiger partial charge on any atom is 0.0843 e. The van der Waals surface area contributed by atoms with Crippen molar-refractivity contribution in [3.63, 3.8) is 0 Å². The van der Waals surface area contributed by atoms with Crippen molar-refractivity contribution in [2.24, 2.45) is 0 Å². The molecule has 0 aliphatic carbocycles. The molecule has 0 amide bonds. The third kappa shape index (κ3) is 2.78. The van der Waals surface area contributed by atoms with Gasteiger partial charge >= 0.3 is 0 Å². The van der Waals surface area contributed by atoms with E-state index in [-0.39, 0.29) is 4.83 Å². The van der Waals surface area contributed by atoms with E-state index in [0.29, 0.717) is 0 Å². The molecule has 4 heteroatoms. The maximum atomic E-state index is 3.74. The Kier molecular flexibility index (Phi) is 4.27. The summed E-state index contributed by atoms with van der Waals surface area (Å²) in [5, 5.41) is 0. The second kappa shape index (κ2) is 5.34. The minimum atomic E-state index is 0.264. The van der Waals surface area contributed by atoms with Gasteiger partial charge in [0, 0.05) is 9.35 Å². The Morgan fingerprint density at radius 2 is 1.94 bits per heavy atom. The summed E-state index contributed by atoms with van der Waals surface area (Å²) in [6, 6.07) is 10.7. The molecule has 0 nitrogen and oxygen atoms in total. The van der Waals surface area contributed by atoms with Gasteiger partial charge in [0.25, 0.3) is 0 Å². The third-order valence-electron chi connectivity index (χ3n) is 2.25. The second-order valence-electron chi connectivity index (χ2n) is 3.55. The van der Waals surface area contributed by atoms with Gasteiger partial charge in [0.05, 0.1) is 8.61 Å². The lowest BCUT2D eigenvalue weighted by Gasteiger charge is -2.08. The molecule has 16 heavy (non-hydrogen) atoms. The largest absolute Gasteiger partial charge is 0.131 e. The van der Waals surface area contributed by atoms with Gasteiger partial charge in [0.2, 0.25) is 0 Å². The molecule has 0 fully saturated rings. The number of alkyl halides is 1. The summed E-state index contributed by atoms with van der Waals surface area (Å²) in [5.74, 6) is 0. The molecule has 0 saturated carbocycles. The van der Waals surface area contributed by atoms with Crippen molar-refractivity contribution in [1.82, 2.24) is 0 Å². The highest BCUT2D eigenvalue weighted by atomic mass is 79.9. The number of rotatable bonds is 2. The van der Waals surface area contributed by atoms with E-state index < -0.39 is 0 Å². The average molecular weight is 425 g/mol. The van der Waals surface area contributed by atoms with Crippen molar-refractivity contribution in [2.45, 2.75) is 11.8 Å². The van der Waals surface area contributed by atoms with Crippen molar-refractivity contribution in [2.75, 3.05) is 0 Å². The highest BCUT2D eigenvalue weighted by Crippen LogP contribution is 2.41. The summed E-state index contributed by atoms with van der Waals surface area (Å²) in [5.41, 5.74) is 2.58. The zero-order valence-corrected chi connectivity index (χ0v) is 14.1. The Morgan fingerprint density at radius 3 is 2.50 bits per heavy atom. The van der Waals surface area contributed by atoms with Gasteiger partial charge in [-0.1, -0.05) is 45.8 Å². The van der Waals surface area contributed by atoms with Gasteiger partial charge in [-0.3, -0.25) is 0 Å². The normalized spacial score (nSPS) is 12.8. The summed E-state index contributed by atoms with van der Waals surface area (Å²) in [4.78, 5) is 1.56. The fourth-order valence-electron chi connectivity index (χ4n) is 1.48. The van der Waals surface area contributed by atoms with Crippen molar-refractivity contribution in [3.05, 3.63) is 54.6 Å². The van der Waals surface area contributed by atoms with E-state index in [1.54, 1.807) is 11.3 Å². The van der Waals surface area contributed by atoms with Gasteiger partial charge in [-0.2, -0.15) is 0 Å². The van der Waals surface area contributed by atoms with Crippen LogP contribution in [0.5, 0.6) is 0 Å². The third-order valence-corrected chi connectivity index (χ3v) is 6.89. The average Bonchev–Trinajstić information content (AvgIpc) is 2.58. The second-order valence-corrected chi connectivity index (χ2v) is 7.72. The molecular weight excluding hydrogens is 416 g/mol. The number of hydrogen-bond donors (Lipinski definition) is 0. The van der Waals surface area contributed by atoms with E-state index in [1.165, 1.54) is 16.0 Å². The number of aryl methyl sites for hydroxylation is 1. The topological polar surface area (TPSA) is 0 Å². The van der Waals surface area contributed by atoms with Crippen LogP contribution in [0.4, 0.5) is 0 Å². The maximum absolute atomic E-state index is 3.74. The van der Waals surface area contributed by atoms with E-state index in [4.69, 9.17) is 0 Å². The van der Waals surface area contributed by atoms with Crippen LogP contribution in [-0.2, 0) is 0 Å². The van der Waals surface area contributed by atoms with Gasteiger partial charge in [-0.25, -0.2) is 0 Å². The minimum absolute atomic E-state index is 0.264. The molecule has 0 radical (unpaired) electrons. The van der Waals surface area contributed by atoms with Crippen molar-refractivity contribution in [3.8, 4) is 0 Å². The van der Waals surface area contributed by atoms with Crippen LogP contribution in [0, 0.1) is 6.92 Å². The summed E-state index contributed by atoms with van der Waals surface area (Å²) >= 11 is 12.5. The molecule has 1 heterocycles. The monoisotopic (exact) mass is 422 g/mol. The summed E-state index contributed by atoms with van der Waals surface area (Å²) < 4.78 is 2.25. The molecular formula is C12H9Br3S. The van der Waals surface area contributed by atoms with Crippen molar-refractivity contribution >= 4 is 59.1 Å². The molecule has 1 atom stereocenters. The summed E-state index contributed by atoms with van der Waals surface area (Å²) in [7, 11) is 0. The van der Waals surface area contributed by atoms with Gasteiger partial charge in [0.15, 0.2) is 0 Å². The van der Waals surface area contributed by atoms with Gasteiger partial charge in [-0.05, 0) is 50.4 Å². The fourth-order valence-corrected chi connectivity index (χ4v) is 4.27. The zero-order valence-electron chi connectivity index (χ0n) is 8.51. The first-order chi connectivity index (χ1) is 7.58. The van der Waals surface area contributed by atoms with Crippen LogP contribution < -0.4 is 0 Å². The number of halogens is 3. The Bertz CT molecular complexity index is 485. The molecule has 1 aromatic carbocycles. The molecule has 0 N–H and O–H groups in total. The predicted octanol–water partition coefficient (Wildman–Crippen LogP) is 6.07. The molecule has 1 aromatic heterocycles. The zero-order chi connectivity index (χ0) is 11.7. The quantitative estimate of drug-likeness (QED) is 0.513. The Balaban J connectivity index is 2.35. The van der Waals surface area contributed by atoms with Gasteiger partial charge in [-0.15, -0.1) is 11.3 Å². The van der Waals surface area contributed by atoms with Crippen LogP contribution in [0.1, 0.15) is 20.8 Å². The SMILES string of the molecule is Cc1cccc(C(Br)c2cc(Br)c(Br)s2)c1. The molecule has 0 aliphatic rings. The van der Waals surface area contributed by atoms with Crippen LogP contribution in [0.25, 0.3) is 0 Å². The van der Waals surface area contributed by atoms with Crippen molar-refractivity contribution in [1.29, 1.82) is 0 Å². The Labute approximate surface area is 124 Å². The number of thiophene rings is 1. The van der Waals surface area contributed by atoms with Crippen LogP contribution in [0.3, 0.4) is 0 Å². The number of benzene rings is 1. The van der Waals surface area contributed by atoms with E-state index in [2.05, 4.69) is 85.0 Å². The first-order valence-electron chi connectivity index (χ1n) is 4.73. The standard InChI is InChI=1S/C12H9Br3S/c1-7-3-2-4-8(5-7)11(14)10-6-9(13)12(15)16-10/h2-6,11H,1H3. The van der Waals surface area contributed by atoms with Crippen LogP contribution in [0.15, 0.2) is 38.6 Å². The Hall–Kier alpha value is 0.360. The van der Waals surface area contributed by atoms with Crippen molar-refractivity contribution < 1.29 is 0 Å². The smallest absolute Gasteiger partial charge is 0.0843 e. The molecule has 84 valence electrons. The van der Waals surface area contributed by atoms with Gasteiger partial charge < -0.3 is 0 Å². The molecule has 0 saturated heterocycles. The predicted molar refractivity (Wildman–Crippen MR) is 81.7 cm³/mol. The first kappa shape index (κ1) is 12.8. The van der Waals surface area contributed by atoms with E-state index in [1.807, 2.05) is 0 Å². The fraction of sp³-hybridized carbons (Fsp3) is 0.167. The lowest BCUT2D eigenvalue weighted by Crippen LogP contribution is -1.89. The van der Waals surface area contributed by atoms with Crippen LogP contribution >= 0.6 is 59.1 Å². The highest BCUT2D eigenvalue weighted by molar-refractivity contribution is 9.13. The van der Waals surface area contributed by atoms with E-state index in [0.717, 1.165) is 8.26 Å². The minimum Gasteiger partial charge on any atom is -0.131 e. The van der Waals surface area contributed by atoms with Crippen LogP contribution in [-0.4, -0.2) is 0 Å². The Morgan fingerprint density at radius 1 is 1.19 bits per heavy atom. The molecule has 2 aromatic rings. The van der Waals surface area contributed by atoms with E-state index in [9.17, 15) is 0 Å². The number of hydrogen-bond acceptors (Lipinski definition) is 1. The molecule has 0 aliphatic heterocycles. The first-order valence-corrected chi connectivity index (χ1v) is 8.05. The summed E-state index contributed by atoms with van der Waals surface area (Å²) in [6.45, 7) is 2.11. The van der Waals surface area contributed by atoms with Gasteiger partial charge in [0.1, 0.15) is 0 Å². The van der Waals surface area contributed by atoms with E-state index >= 15 is 0 Å². The lowest BCUT2D eigenvalue weighted by molar-refractivity contribution is 1.21. The molecule has 2 rings (SSSR count).